The van der Waals surface area contributed by atoms with E-state index in [9.17, 15) is 25.2 Å². The zero-order valence-electron chi connectivity index (χ0n) is 27.6. The number of ether oxygens (including phenoxy) is 1. The van der Waals surface area contributed by atoms with E-state index in [0.29, 0.717) is 25.7 Å². The summed E-state index contributed by atoms with van der Waals surface area (Å²) in [5, 5.41) is 47.8. The van der Waals surface area contributed by atoms with Crippen LogP contribution >= 0.6 is 0 Å². The fourth-order valence-electron chi connectivity index (χ4n) is 11.7. The van der Waals surface area contributed by atoms with Gasteiger partial charge < -0.3 is 25.2 Å². The molecule has 13 unspecified atom stereocenters. The van der Waals surface area contributed by atoms with Crippen molar-refractivity contribution in [2.75, 3.05) is 0 Å². The van der Waals surface area contributed by atoms with Crippen molar-refractivity contribution >= 4 is 5.78 Å². The minimum absolute atomic E-state index is 0.0271. The Balaban J connectivity index is 1.33. The minimum Gasteiger partial charge on any atom is -0.393 e. The molecule has 1 aliphatic heterocycles. The van der Waals surface area contributed by atoms with Gasteiger partial charge in [0.2, 0.25) is 0 Å². The van der Waals surface area contributed by atoms with Crippen molar-refractivity contribution < 1.29 is 30.0 Å². The van der Waals surface area contributed by atoms with Gasteiger partial charge in [0.1, 0.15) is 12.2 Å². The number of rotatable bonds is 7. The molecule has 13 atom stereocenters. The van der Waals surface area contributed by atoms with Gasteiger partial charge in [-0.15, -0.1) is 0 Å². The third kappa shape index (κ3) is 4.06. The van der Waals surface area contributed by atoms with Gasteiger partial charge in [0.05, 0.1) is 22.9 Å². The van der Waals surface area contributed by atoms with E-state index in [2.05, 4.69) is 38.1 Å². The average molecular weight is 607 g/mol. The molecule has 0 bridgehead atoms. The third-order valence-corrected chi connectivity index (χ3v) is 14.5. The summed E-state index contributed by atoms with van der Waals surface area (Å²) < 4.78 is 6.14. The molecule has 1 aromatic rings. The predicted molar refractivity (Wildman–Crippen MR) is 168 cm³/mol. The first-order valence-corrected chi connectivity index (χ1v) is 17.4. The SMILES string of the molecule is CC(C)C(C)(O)C1OC1C(C)(O)C1CC2CCC3=C4C(C(CCc5ccccc5)CC1(C)C42O)C1(C)CCC(O)CC1C3=O. The van der Waals surface area contributed by atoms with Crippen LogP contribution in [0.5, 0.6) is 0 Å². The van der Waals surface area contributed by atoms with Crippen molar-refractivity contribution in [2.45, 2.75) is 134 Å². The average Bonchev–Trinajstić information content (AvgIpc) is 3.76. The molecule has 1 heterocycles. The lowest BCUT2D eigenvalue weighted by Crippen LogP contribution is -2.66. The number of aryl methyl sites for hydroxylation is 1. The van der Waals surface area contributed by atoms with Crippen LogP contribution in [-0.2, 0) is 16.0 Å². The topological polar surface area (TPSA) is 111 Å². The summed E-state index contributed by atoms with van der Waals surface area (Å²) in [7, 11) is 0. The molecule has 3 saturated carbocycles. The largest absolute Gasteiger partial charge is 0.393 e. The van der Waals surface area contributed by atoms with Crippen molar-refractivity contribution in [1.82, 2.24) is 0 Å². The van der Waals surface area contributed by atoms with E-state index in [4.69, 9.17) is 4.74 Å². The van der Waals surface area contributed by atoms with Gasteiger partial charge in [-0.05, 0) is 123 Å². The molecule has 44 heavy (non-hydrogen) atoms. The van der Waals surface area contributed by atoms with Crippen LogP contribution in [0.15, 0.2) is 41.5 Å². The molecule has 6 aliphatic rings. The van der Waals surface area contributed by atoms with E-state index in [-0.39, 0.29) is 46.7 Å². The molecule has 6 nitrogen and oxygen atoms in total. The summed E-state index contributed by atoms with van der Waals surface area (Å²) in [6, 6.07) is 10.6. The lowest BCUT2D eigenvalue weighted by atomic mass is 9.40. The second kappa shape index (κ2) is 9.97. The number of fused-ring (bicyclic) bond motifs is 2. The molecule has 1 saturated heterocycles. The van der Waals surface area contributed by atoms with Crippen LogP contribution < -0.4 is 0 Å². The Morgan fingerprint density at radius 3 is 2.43 bits per heavy atom. The van der Waals surface area contributed by atoms with Gasteiger partial charge in [-0.25, -0.2) is 0 Å². The molecule has 4 N–H and O–H groups in total. The first-order valence-electron chi connectivity index (χ1n) is 17.4. The summed E-state index contributed by atoms with van der Waals surface area (Å²) >= 11 is 0. The van der Waals surface area contributed by atoms with Crippen LogP contribution in [0.25, 0.3) is 0 Å². The Morgan fingerprint density at radius 2 is 1.75 bits per heavy atom. The van der Waals surface area contributed by atoms with Crippen LogP contribution in [0.1, 0.15) is 98.5 Å². The standard InChI is InChI=1S/C38H54O6/c1-21(2)36(5,41)32-33(44-32)37(6,42)28-18-24-14-15-26-30-29(34(3)17-16-25(39)19-27(34)31(26)40)23(20-35(28,4)38(24,30)43)13-12-22-10-8-7-9-11-22/h7-11,21,23-25,27-29,32-33,39,41-43H,12-20H2,1-6H3. The van der Waals surface area contributed by atoms with Crippen LogP contribution in [0, 0.1) is 46.3 Å². The zero-order valence-corrected chi connectivity index (χ0v) is 27.6. The van der Waals surface area contributed by atoms with Crippen molar-refractivity contribution in [2.24, 2.45) is 46.3 Å². The van der Waals surface area contributed by atoms with Crippen LogP contribution in [0.2, 0.25) is 0 Å². The fourth-order valence-corrected chi connectivity index (χ4v) is 11.7. The number of Topliss-reactive ketones (excluding diaryl/α,β-unsaturated/α-hetero) is 1. The van der Waals surface area contributed by atoms with Gasteiger partial charge in [0.15, 0.2) is 5.78 Å². The molecule has 7 rings (SSSR count). The maximum absolute atomic E-state index is 14.4. The highest BCUT2D eigenvalue weighted by Gasteiger charge is 2.77. The van der Waals surface area contributed by atoms with Gasteiger partial charge in [-0.3, -0.25) is 4.79 Å². The molecule has 0 radical (unpaired) electrons. The monoisotopic (exact) mass is 606 g/mol. The normalized spacial score (nSPS) is 47.1. The molecule has 0 amide bonds. The number of allylic oxidation sites excluding steroid dienone is 1. The Bertz CT molecular complexity index is 1350. The summed E-state index contributed by atoms with van der Waals surface area (Å²) in [5.74, 6) is -0.0596. The number of carbonyl (C=O) groups excluding carboxylic acids is 1. The van der Waals surface area contributed by atoms with Crippen molar-refractivity contribution in [1.29, 1.82) is 0 Å². The molecule has 0 aromatic heterocycles. The highest BCUT2D eigenvalue weighted by Crippen LogP contribution is 2.75. The summed E-state index contributed by atoms with van der Waals surface area (Å²) in [4.78, 5) is 14.4. The number of epoxide rings is 1. The van der Waals surface area contributed by atoms with Gasteiger partial charge in [-0.1, -0.05) is 58.0 Å². The quantitative estimate of drug-likeness (QED) is 0.310. The first kappa shape index (κ1) is 31.1. The van der Waals surface area contributed by atoms with Crippen molar-refractivity contribution in [3.05, 3.63) is 47.0 Å². The lowest BCUT2D eigenvalue weighted by molar-refractivity contribution is -0.177. The molecule has 4 fully saturated rings. The van der Waals surface area contributed by atoms with Gasteiger partial charge in [0.25, 0.3) is 0 Å². The second-order valence-electron chi connectivity index (χ2n) is 17.0. The predicted octanol–water partition coefficient (Wildman–Crippen LogP) is 5.39. The maximum Gasteiger partial charge on any atom is 0.162 e. The number of ketones is 1. The third-order valence-electron chi connectivity index (χ3n) is 14.5. The Morgan fingerprint density at radius 1 is 1.05 bits per heavy atom. The number of carbonyl (C=O) groups is 1. The maximum atomic E-state index is 14.4. The highest BCUT2D eigenvalue weighted by molar-refractivity contribution is 6.00. The Labute approximate surface area is 263 Å². The second-order valence-corrected chi connectivity index (χ2v) is 17.0. The van der Waals surface area contributed by atoms with Crippen LogP contribution in [-0.4, -0.2) is 61.3 Å². The fraction of sp³-hybridized carbons (Fsp3) is 0.763. The molecular formula is C38H54O6. The molecule has 5 aliphatic carbocycles. The van der Waals surface area contributed by atoms with Crippen molar-refractivity contribution in [3.8, 4) is 0 Å². The van der Waals surface area contributed by atoms with Gasteiger partial charge >= 0.3 is 0 Å². The first-order chi connectivity index (χ1) is 20.6. The van der Waals surface area contributed by atoms with E-state index < -0.39 is 40.5 Å². The molecule has 0 spiro atoms. The van der Waals surface area contributed by atoms with E-state index >= 15 is 0 Å². The summed E-state index contributed by atoms with van der Waals surface area (Å²) in [6.07, 6.45) is 5.30. The van der Waals surface area contributed by atoms with E-state index in [1.807, 2.05) is 26.8 Å². The summed E-state index contributed by atoms with van der Waals surface area (Å²) in [5.41, 5.74) is -1.31. The van der Waals surface area contributed by atoms with Gasteiger partial charge in [-0.2, -0.15) is 0 Å². The Hall–Kier alpha value is -1.57. The number of aliphatic hydroxyl groups is 4. The number of benzene rings is 1. The Kier molecular flexibility index (Phi) is 7.03. The van der Waals surface area contributed by atoms with Crippen LogP contribution in [0.4, 0.5) is 0 Å². The van der Waals surface area contributed by atoms with Crippen molar-refractivity contribution in [3.63, 3.8) is 0 Å². The molecule has 242 valence electrons. The van der Waals surface area contributed by atoms with E-state index in [1.165, 1.54) is 5.56 Å². The zero-order chi connectivity index (χ0) is 31.6. The lowest BCUT2D eigenvalue weighted by Gasteiger charge is -2.65. The number of hydrogen-bond acceptors (Lipinski definition) is 6. The molecule has 6 heteroatoms. The van der Waals surface area contributed by atoms with E-state index in [0.717, 1.165) is 43.3 Å². The molecular weight excluding hydrogens is 552 g/mol. The van der Waals surface area contributed by atoms with E-state index in [1.54, 1.807) is 6.92 Å². The highest BCUT2D eigenvalue weighted by atomic mass is 16.6. The smallest absolute Gasteiger partial charge is 0.162 e. The number of hydrogen-bond donors (Lipinski definition) is 4. The van der Waals surface area contributed by atoms with Gasteiger partial charge in [0, 0.05) is 11.3 Å². The van der Waals surface area contributed by atoms with Crippen LogP contribution in [0.3, 0.4) is 0 Å². The summed E-state index contributed by atoms with van der Waals surface area (Å²) in [6.45, 7) is 12.1. The molecule has 1 aromatic carbocycles. The number of aliphatic hydroxyl groups excluding tert-OH is 1. The minimum atomic E-state index is -1.25.